The molecule has 0 N–H and O–H groups in total. The van der Waals surface area contributed by atoms with Gasteiger partial charge in [-0.25, -0.2) is 9.97 Å². The standard InChI is InChI=1S/C35H28N6/c1-38-22-21-26-25(14-10-17-28(26)38)27-19-20-32-34(36-27)41(30-16-8-7-15-29(30)39(32)2)35-37-33-24(23-11-5-4-6-12-23)13-9-18-31(33)40(35)3/h4-22H,1-3H3. The summed E-state index contributed by atoms with van der Waals surface area (Å²) in [4.78, 5) is 15.1. The number of aryl methyl sites for hydroxylation is 2. The predicted molar refractivity (Wildman–Crippen MR) is 169 cm³/mol. The number of pyridine rings is 1. The smallest absolute Gasteiger partial charge is 0.216 e. The maximum Gasteiger partial charge on any atom is 0.216 e. The molecular formula is C35H28N6. The first-order valence-corrected chi connectivity index (χ1v) is 13.8. The van der Waals surface area contributed by atoms with Crippen molar-refractivity contribution < 1.29 is 0 Å². The summed E-state index contributed by atoms with van der Waals surface area (Å²) >= 11 is 0. The van der Waals surface area contributed by atoms with E-state index in [1.165, 1.54) is 10.9 Å². The Morgan fingerprint density at radius 1 is 0.561 bits per heavy atom. The van der Waals surface area contributed by atoms with Crippen molar-refractivity contribution >= 4 is 50.8 Å². The lowest BCUT2D eigenvalue weighted by atomic mass is 10.0. The average Bonchev–Trinajstić information content (AvgIpc) is 3.57. The molecule has 0 radical (unpaired) electrons. The summed E-state index contributed by atoms with van der Waals surface area (Å²) in [5, 5.41) is 1.19. The summed E-state index contributed by atoms with van der Waals surface area (Å²) in [5.74, 6) is 1.68. The van der Waals surface area contributed by atoms with E-state index in [1.807, 2.05) is 6.07 Å². The highest BCUT2D eigenvalue weighted by Crippen LogP contribution is 2.50. The summed E-state index contributed by atoms with van der Waals surface area (Å²) < 4.78 is 4.33. The monoisotopic (exact) mass is 532 g/mol. The van der Waals surface area contributed by atoms with Crippen LogP contribution in [0.2, 0.25) is 0 Å². The molecule has 0 saturated heterocycles. The van der Waals surface area contributed by atoms with Gasteiger partial charge in [0.15, 0.2) is 5.82 Å². The summed E-state index contributed by atoms with van der Waals surface area (Å²) in [6.07, 6.45) is 2.10. The van der Waals surface area contributed by atoms with Crippen molar-refractivity contribution in [2.75, 3.05) is 16.8 Å². The lowest BCUT2D eigenvalue weighted by molar-refractivity contribution is 0.911. The molecule has 0 fully saturated rings. The number of hydrogen-bond donors (Lipinski definition) is 0. The fourth-order valence-electron chi connectivity index (χ4n) is 6.18. The largest absolute Gasteiger partial charge is 0.351 e. The van der Waals surface area contributed by atoms with Gasteiger partial charge in [-0.05, 0) is 48.0 Å². The molecule has 6 heteroatoms. The molecule has 7 aromatic rings. The molecule has 198 valence electrons. The number of aromatic nitrogens is 4. The SMILES string of the molecule is CN1c2ccccc2N(c2nc3c(-c4ccccc4)cccc3n2C)c2nc(-c3cccc4c3ccn4C)ccc21. The predicted octanol–water partition coefficient (Wildman–Crippen LogP) is 8.35. The molecule has 0 bridgehead atoms. The first kappa shape index (κ1) is 23.5. The average molecular weight is 533 g/mol. The molecule has 0 saturated carbocycles. The Balaban J connectivity index is 1.38. The molecule has 0 atom stereocenters. The number of hydrogen-bond acceptors (Lipinski definition) is 4. The van der Waals surface area contributed by atoms with Crippen LogP contribution >= 0.6 is 0 Å². The third kappa shape index (κ3) is 3.44. The van der Waals surface area contributed by atoms with Crippen LogP contribution in [0.1, 0.15) is 0 Å². The highest BCUT2D eigenvalue weighted by Gasteiger charge is 2.32. The fraction of sp³-hybridized carbons (Fsp3) is 0.0857. The second-order valence-corrected chi connectivity index (χ2v) is 10.6. The van der Waals surface area contributed by atoms with Crippen LogP contribution < -0.4 is 9.80 Å². The van der Waals surface area contributed by atoms with Crippen LogP contribution in [-0.4, -0.2) is 26.1 Å². The van der Waals surface area contributed by atoms with Crippen molar-refractivity contribution in [3.05, 3.63) is 115 Å². The van der Waals surface area contributed by atoms with E-state index >= 15 is 0 Å². The third-order valence-electron chi connectivity index (χ3n) is 8.29. The second-order valence-electron chi connectivity index (χ2n) is 10.6. The highest BCUT2D eigenvalue weighted by molar-refractivity contribution is 6.00. The Bertz CT molecular complexity index is 2100. The van der Waals surface area contributed by atoms with E-state index in [-0.39, 0.29) is 0 Å². The summed E-state index contributed by atoms with van der Waals surface area (Å²) in [5.41, 5.74) is 10.7. The third-order valence-corrected chi connectivity index (χ3v) is 8.29. The molecule has 0 spiro atoms. The van der Waals surface area contributed by atoms with Gasteiger partial charge in [0.2, 0.25) is 5.95 Å². The molecule has 6 nitrogen and oxygen atoms in total. The van der Waals surface area contributed by atoms with E-state index in [0.717, 1.165) is 62.2 Å². The van der Waals surface area contributed by atoms with Gasteiger partial charge in [-0.3, -0.25) is 4.90 Å². The number of nitrogens with zero attached hydrogens (tertiary/aromatic N) is 6. The number of rotatable bonds is 3. The lowest BCUT2D eigenvalue weighted by Crippen LogP contribution is -2.26. The normalized spacial score (nSPS) is 12.7. The summed E-state index contributed by atoms with van der Waals surface area (Å²) in [6, 6.07) is 38.2. The zero-order valence-corrected chi connectivity index (χ0v) is 23.2. The molecule has 41 heavy (non-hydrogen) atoms. The van der Waals surface area contributed by atoms with Gasteiger partial charge in [0.1, 0.15) is 0 Å². The number of fused-ring (bicyclic) bond motifs is 4. The van der Waals surface area contributed by atoms with Crippen LogP contribution in [0.15, 0.2) is 115 Å². The first-order valence-electron chi connectivity index (χ1n) is 13.8. The molecule has 0 unspecified atom stereocenters. The quantitative estimate of drug-likeness (QED) is 0.229. The van der Waals surface area contributed by atoms with Crippen LogP contribution in [0.25, 0.3) is 44.3 Å². The van der Waals surface area contributed by atoms with Crippen LogP contribution in [0.3, 0.4) is 0 Å². The van der Waals surface area contributed by atoms with Crippen molar-refractivity contribution in [2.45, 2.75) is 0 Å². The van der Waals surface area contributed by atoms with E-state index in [4.69, 9.17) is 9.97 Å². The van der Waals surface area contributed by atoms with Gasteiger partial charge in [0, 0.05) is 49.4 Å². The van der Waals surface area contributed by atoms with Crippen LogP contribution in [-0.2, 0) is 14.1 Å². The Kier molecular flexibility index (Phi) is 5.06. The molecular weight excluding hydrogens is 504 g/mol. The molecule has 4 heterocycles. The van der Waals surface area contributed by atoms with Crippen LogP contribution in [0.5, 0.6) is 0 Å². The molecule has 1 aliphatic rings. The highest BCUT2D eigenvalue weighted by atomic mass is 15.4. The van der Waals surface area contributed by atoms with Gasteiger partial charge in [-0.2, -0.15) is 0 Å². The van der Waals surface area contributed by atoms with E-state index in [9.17, 15) is 0 Å². The summed E-state index contributed by atoms with van der Waals surface area (Å²) in [7, 11) is 6.28. The van der Waals surface area contributed by atoms with Gasteiger partial charge < -0.3 is 14.0 Å². The van der Waals surface area contributed by atoms with Gasteiger partial charge in [0.25, 0.3) is 0 Å². The maximum absolute atomic E-state index is 5.36. The molecule has 4 aromatic carbocycles. The zero-order chi connectivity index (χ0) is 27.7. The number of benzene rings is 4. The molecule has 8 rings (SSSR count). The molecule has 3 aromatic heterocycles. The Morgan fingerprint density at radius 3 is 2.12 bits per heavy atom. The van der Waals surface area contributed by atoms with Crippen molar-refractivity contribution in [3.8, 4) is 22.4 Å². The van der Waals surface area contributed by atoms with Gasteiger partial charge in [-0.1, -0.05) is 66.7 Å². The van der Waals surface area contributed by atoms with Crippen LogP contribution in [0.4, 0.5) is 28.8 Å². The molecule has 1 aliphatic heterocycles. The minimum atomic E-state index is 0.827. The van der Waals surface area contributed by atoms with Crippen molar-refractivity contribution in [1.29, 1.82) is 0 Å². The number of para-hydroxylation sites is 3. The van der Waals surface area contributed by atoms with Gasteiger partial charge in [-0.15, -0.1) is 0 Å². The van der Waals surface area contributed by atoms with Crippen molar-refractivity contribution in [1.82, 2.24) is 19.1 Å². The lowest BCUT2D eigenvalue weighted by Gasteiger charge is -2.37. The number of imidazole rings is 1. The van der Waals surface area contributed by atoms with E-state index in [1.54, 1.807) is 0 Å². The zero-order valence-electron chi connectivity index (χ0n) is 23.2. The fourth-order valence-corrected chi connectivity index (χ4v) is 6.18. The Hall–Kier alpha value is -5.36. The van der Waals surface area contributed by atoms with Gasteiger partial charge >= 0.3 is 0 Å². The van der Waals surface area contributed by atoms with E-state index in [2.05, 4.69) is 149 Å². The minimum Gasteiger partial charge on any atom is -0.351 e. The summed E-state index contributed by atoms with van der Waals surface area (Å²) in [6.45, 7) is 0. The van der Waals surface area contributed by atoms with E-state index < -0.39 is 0 Å². The van der Waals surface area contributed by atoms with E-state index in [0.29, 0.717) is 0 Å². The topological polar surface area (TPSA) is 42.1 Å². The van der Waals surface area contributed by atoms with Crippen LogP contribution in [0, 0.1) is 0 Å². The minimum absolute atomic E-state index is 0.827. The second kappa shape index (κ2) is 8.83. The Morgan fingerprint density at radius 2 is 1.29 bits per heavy atom. The maximum atomic E-state index is 5.36. The van der Waals surface area contributed by atoms with Crippen molar-refractivity contribution in [3.63, 3.8) is 0 Å². The molecule has 0 amide bonds. The van der Waals surface area contributed by atoms with Gasteiger partial charge in [0.05, 0.1) is 33.8 Å². The van der Waals surface area contributed by atoms with Crippen molar-refractivity contribution in [2.24, 2.45) is 14.1 Å². The molecule has 0 aliphatic carbocycles. The first-order chi connectivity index (χ1) is 20.1. The Labute approximate surface area is 238 Å². The number of anilines is 5.